The lowest BCUT2D eigenvalue weighted by atomic mass is 9.86. The second kappa shape index (κ2) is 22.4. The van der Waals surface area contributed by atoms with Crippen LogP contribution in [0.4, 0.5) is 0 Å². The number of carbonyl (C=O) groups excluding carboxylic acids is 4. The number of nitrogens with two attached hydrogens (primary N) is 2. The SMILES string of the molecule is CC(C)C[C@@H](NC(=O)[C@H](CC(=O)[C@H](N)Cc1ccccc1)Cc1ccccc1)C(=O)C[C@H](CCCCNC[C@H](O)CO)C(=O)N1CCC(N)(C(=O)O)CC1. The molecule has 2 aromatic carbocycles. The van der Waals surface area contributed by atoms with E-state index in [0.29, 0.717) is 38.6 Å². The maximum Gasteiger partial charge on any atom is 0.323 e. The number of benzene rings is 2. The Morgan fingerprint density at radius 3 is 1.98 bits per heavy atom. The smallest absolute Gasteiger partial charge is 0.323 e. The molecular formula is C41H61N5O8. The minimum Gasteiger partial charge on any atom is -0.480 e. The van der Waals surface area contributed by atoms with Crippen LogP contribution in [0.15, 0.2) is 60.7 Å². The molecule has 2 amide bonds. The van der Waals surface area contributed by atoms with E-state index in [4.69, 9.17) is 16.6 Å². The molecule has 1 aliphatic heterocycles. The zero-order chi connectivity index (χ0) is 39.7. The normalized spacial score (nSPS) is 16.9. The molecule has 1 fully saturated rings. The molecule has 5 atom stereocenters. The Labute approximate surface area is 319 Å². The molecule has 9 N–H and O–H groups in total. The fourth-order valence-corrected chi connectivity index (χ4v) is 6.83. The van der Waals surface area contributed by atoms with Crippen LogP contribution < -0.4 is 22.1 Å². The van der Waals surface area contributed by atoms with Crippen molar-refractivity contribution in [1.82, 2.24) is 15.5 Å². The van der Waals surface area contributed by atoms with Gasteiger partial charge in [-0.15, -0.1) is 0 Å². The Morgan fingerprint density at radius 1 is 0.852 bits per heavy atom. The summed E-state index contributed by atoms with van der Waals surface area (Å²) in [5.41, 5.74) is 12.8. The van der Waals surface area contributed by atoms with Crippen molar-refractivity contribution in [2.75, 3.05) is 32.8 Å². The maximum atomic E-state index is 14.1. The van der Waals surface area contributed by atoms with E-state index in [1.807, 2.05) is 74.5 Å². The average Bonchev–Trinajstić information content (AvgIpc) is 3.15. The number of aliphatic hydroxyl groups excluding tert-OH is 2. The van der Waals surface area contributed by atoms with E-state index >= 15 is 0 Å². The van der Waals surface area contributed by atoms with Crippen molar-refractivity contribution in [3.05, 3.63) is 71.8 Å². The number of amides is 2. The number of hydrogen-bond donors (Lipinski definition) is 7. The highest BCUT2D eigenvalue weighted by Crippen LogP contribution is 2.26. The van der Waals surface area contributed by atoms with Crippen molar-refractivity contribution in [3.8, 4) is 0 Å². The number of carboxylic acid groups (broad SMARTS) is 1. The first-order valence-electron chi connectivity index (χ1n) is 19.2. The van der Waals surface area contributed by atoms with Gasteiger partial charge in [-0.05, 0) is 68.5 Å². The molecule has 298 valence electrons. The van der Waals surface area contributed by atoms with E-state index in [9.17, 15) is 34.2 Å². The first-order chi connectivity index (χ1) is 25.7. The Kier molecular flexibility index (Phi) is 18.4. The number of nitrogens with one attached hydrogen (secondary N) is 2. The van der Waals surface area contributed by atoms with Crippen molar-refractivity contribution in [3.63, 3.8) is 0 Å². The van der Waals surface area contributed by atoms with E-state index in [1.54, 1.807) is 4.90 Å². The van der Waals surface area contributed by atoms with E-state index < -0.39 is 47.4 Å². The van der Waals surface area contributed by atoms with Gasteiger partial charge in [0.25, 0.3) is 0 Å². The second-order valence-electron chi connectivity index (χ2n) is 15.2. The van der Waals surface area contributed by atoms with Crippen molar-refractivity contribution in [2.24, 2.45) is 29.2 Å². The zero-order valence-electron chi connectivity index (χ0n) is 31.8. The number of carbonyl (C=O) groups is 5. The molecule has 0 saturated carbocycles. The van der Waals surface area contributed by atoms with E-state index in [0.717, 1.165) is 11.1 Å². The summed E-state index contributed by atoms with van der Waals surface area (Å²) in [7, 11) is 0. The van der Waals surface area contributed by atoms with Gasteiger partial charge in [0.1, 0.15) is 5.54 Å². The van der Waals surface area contributed by atoms with Crippen molar-refractivity contribution >= 4 is 29.4 Å². The van der Waals surface area contributed by atoms with Crippen LogP contribution in [0.3, 0.4) is 0 Å². The number of unbranched alkanes of at least 4 members (excludes halogenated alkanes) is 1. The van der Waals surface area contributed by atoms with Gasteiger partial charge in [-0.3, -0.25) is 24.0 Å². The Morgan fingerprint density at radius 2 is 1.43 bits per heavy atom. The van der Waals surface area contributed by atoms with E-state index in [1.165, 1.54) is 0 Å². The molecule has 1 heterocycles. The van der Waals surface area contributed by atoms with Crippen molar-refractivity contribution in [2.45, 2.75) is 102 Å². The predicted molar refractivity (Wildman–Crippen MR) is 206 cm³/mol. The highest BCUT2D eigenvalue weighted by molar-refractivity contribution is 5.95. The molecule has 3 rings (SSSR count). The van der Waals surface area contributed by atoms with Gasteiger partial charge in [0.15, 0.2) is 11.6 Å². The van der Waals surface area contributed by atoms with Crippen molar-refractivity contribution in [1.29, 1.82) is 0 Å². The molecule has 0 radical (unpaired) electrons. The van der Waals surface area contributed by atoms with Gasteiger partial charge < -0.3 is 42.3 Å². The maximum absolute atomic E-state index is 14.1. The molecule has 0 aromatic heterocycles. The number of carboxylic acids is 1. The van der Waals surface area contributed by atoms with Crippen LogP contribution in [-0.4, -0.2) is 106 Å². The van der Waals surface area contributed by atoms with Gasteiger partial charge in [-0.1, -0.05) is 80.9 Å². The summed E-state index contributed by atoms with van der Waals surface area (Å²) < 4.78 is 0. The Bertz CT molecular complexity index is 1480. The fraction of sp³-hybridized carbons (Fsp3) is 0.585. The van der Waals surface area contributed by atoms with Gasteiger partial charge in [0.05, 0.1) is 24.8 Å². The molecule has 13 nitrogen and oxygen atoms in total. The van der Waals surface area contributed by atoms with Gasteiger partial charge in [0, 0.05) is 44.3 Å². The molecule has 0 spiro atoms. The molecule has 0 unspecified atom stereocenters. The number of Topliss-reactive ketones (excluding diaryl/α,β-unsaturated/α-hetero) is 2. The number of hydrogen-bond acceptors (Lipinski definition) is 10. The van der Waals surface area contributed by atoms with Crippen LogP contribution in [0, 0.1) is 17.8 Å². The topological polar surface area (TPSA) is 225 Å². The monoisotopic (exact) mass is 751 g/mol. The zero-order valence-corrected chi connectivity index (χ0v) is 31.8. The minimum absolute atomic E-state index is 0.0260. The van der Waals surface area contributed by atoms with Gasteiger partial charge >= 0.3 is 5.97 Å². The number of aliphatic carboxylic acids is 1. The summed E-state index contributed by atoms with van der Waals surface area (Å²) in [5, 5.41) is 34.3. The molecule has 54 heavy (non-hydrogen) atoms. The molecule has 1 aliphatic rings. The predicted octanol–water partition coefficient (Wildman–Crippen LogP) is 2.00. The molecule has 1 saturated heterocycles. The van der Waals surface area contributed by atoms with E-state index in [-0.39, 0.29) is 81.7 Å². The fourth-order valence-electron chi connectivity index (χ4n) is 6.83. The van der Waals surface area contributed by atoms with Gasteiger partial charge in [0.2, 0.25) is 11.8 Å². The Hall–Kier alpha value is -4.01. The van der Waals surface area contributed by atoms with Crippen LogP contribution in [0.25, 0.3) is 0 Å². The number of likely N-dealkylation sites (tertiary alicyclic amines) is 1. The standard InChI is InChI=1S/C41H61N5O8/c1-28(2)21-35(45-38(51)32(22-29-11-5-3-6-12-29)25-36(49)34(42)23-30-13-7-4-8-14-30)37(50)24-31(15-9-10-18-44-26-33(48)27-47)39(52)46-19-16-41(43,17-20-46)40(53)54/h3-8,11-14,28,31-35,44,47-48H,9-10,15-27,42-43H2,1-2H3,(H,45,51)(H,53,54)/t31-,32-,33-,34+,35+/m0/s1. The average molecular weight is 752 g/mol. The molecular weight excluding hydrogens is 690 g/mol. The molecule has 2 aromatic rings. The molecule has 0 aliphatic carbocycles. The number of piperidine rings is 1. The summed E-state index contributed by atoms with van der Waals surface area (Å²) in [4.78, 5) is 68.8. The van der Waals surface area contributed by atoms with Crippen LogP contribution in [0.1, 0.15) is 76.3 Å². The van der Waals surface area contributed by atoms with E-state index in [2.05, 4.69) is 10.6 Å². The first-order valence-corrected chi connectivity index (χ1v) is 19.2. The van der Waals surface area contributed by atoms with Gasteiger partial charge in [-0.25, -0.2) is 0 Å². The summed E-state index contributed by atoms with van der Waals surface area (Å²) in [6.07, 6.45) is 1.64. The van der Waals surface area contributed by atoms with Crippen LogP contribution in [0.2, 0.25) is 0 Å². The number of ketones is 2. The third-order valence-electron chi connectivity index (χ3n) is 10.2. The summed E-state index contributed by atoms with van der Waals surface area (Å²) >= 11 is 0. The lowest BCUT2D eigenvalue weighted by molar-refractivity contribution is -0.149. The number of nitrogens with zero attached hydrogens (tertiary/aromatic N) is 1. The Balaban J connectivity index is 1.76. The number of rotatable bonds is 24. The summed E-state index contributed by atoms with van der Waals surface area (Å²) in [6.45, 7) is 4.60. The third kappa shape index (κ3) is 14.7. The first kappa shape index (κ1) is 44.4. The van der Waals surface area contributed by atoms with Crippen LogP contribution in [0.5, 0.6) is 0 Å². The summed E-state index contributed by atoms with van der Waals surface area (Å²) in [6, 6.07) is 17.1. The lowest BCUT2D eigenvalue weighted by Gasteiger charge is -2.38. The summed E-state index contributed by atoms with van der Waals surface area (Å²) in [5.74, 6) is -3.80. The second-order valence-corrected chi connectivity index (χ2v) is 15.2. The van der Waals surface area contributed by atoms with Crippen LogP contribution in [-0.2, 0) is 36.8 Å². The highest BCUT2D eigenvalue weighted by Gasteiger charge is 2.40. The minimum atomic E-state index is -1.41. The molecule has 13 heteroatoms. The lowest BCUT2D eigenvalue weighted by Crippen LogP contribution is -2.57. The highest BCUT2D eigenvalue weighted by atomic mass is 16.4. The quantitative estimate of drug-likeness (QED) is 0.0768. The van der Waals surface area contributed by atoms with Crippen LogP contribution >= 0.6 is 0 Å². The number of aliphatic hydroxyl groups is 2. The van der Waals surface area contributed by atoms with Gasteiger partial charge in [-0.2, -0.15) is 0 Å². The third-order valence-corrected chi connectivity index (χ3v) is 10.2. The van der Waals surface area contributed by atoms with Crippen molar-refractivity contribution < 1.29 is 39.3 Å². The molecule has 0 bridgehead atoms. The largest absolute Gasteiger partial charge is 0.480 e.